The predicted molar refractivity (Wildman–Crippen MR) is 68.3 cm³/mol. The number of hydrogen-bond acceptors (Lipinski definition) is 5. The lowest BCUT2D eigenvalue weighted by molar-refractivity contribution is -0.541. The van der Waals surface area contributed by atoms with E-state index in [4.69, 9.17) is 19.2 Å². The lowest BCUT2D eigenvalue weighted by atomic mass is 9.60. The van der Waals surface area contributed by atoms with Crippen LogP contribution in [0.4, 0.5) is 0 Å². The third kappa shape index (κ3) is 1.39. The van der Waals surface area contributed by atoms with Gasteiger partial charge in [-0.2, -0.15) is 0 Å². The Morgan fingerprint density at radius 3 is 2.65 bits per heavy atom. The minimum Gasteiger partial charge on any atom is -0.335 e. The molecule has 0 aromatic heterocycles. The summed E-state index contributed by atoms with van der Waals surface area (Å²) >= 11 is 0. The first-order valence-corrected chi connectivity index (χ1v) is 7.62. The summed E-state index contributed by atoms with van der Waals surface area (Å²) in [5, 5.41) is 0. The Balaban J connectivity index is 1.85. The molecule has 0 amide bonds. The normalized spacial score (nSPS) is 61.0. The predicted octanol–water partition coefficient (Wildman–Crippen LogP) is 2.19. The second kappa shape index (κ2) is 3.83. The van der Waals surface area contributed by atoms with Crippen molar-refractivity contribution in [2.75, 3.05) is 0 Å². The molecule has 4 aliphatic heterocycles. The van der Waals surface area contributed by atoms with Gasteiger partial charge in [0.1, 0.15) is 5.60 Å². The highest BCUT2D eigenvalue weighted by Crippen LogP contribution is 2.62. The van der Waals surface area contributed by atoms with E-state index in [1.54, 1.807) is 0 Å². The number of hydrogen-bond donors (Lipinski definition) is 0. The minimum absolute atomic E-state index is 0.00125. The Labute approximate surface area is 118 Å². The molecule has 0 aromatic rings. The second-order valence-electron chi connectivity index (χ2n) is 7.28. The highest BCUT2D eigenvalue weighted by molar-refractivity contribution is 5.64. The monoisotopic (exact) mass is 282 g/mol. The van der Waals surface area contributed by atoms with E-state index in [0.29, 0.717) is 11.8 Å². The average molecular weight is 282 g/mol. The number of fused-ring (bicyclic) bond motifs is 2. The first kappa shape index (κ1) is 13.2. The zero-order valence-electron chi connectivity index (χ0n) is 12.3. The molecule has 4 heterocycles. The minimum atomic E-state index is -0.838. The fourth-order valence-electron chi connectivity index (χ4n) is 4.86. The van der Waals surface area contributed by atoms with Gasteiger partial charge in [-0.05, 0) is 44.9 Å². The zero-order valence-corrected chi connectivity index (χ0v) is 12.3. The highest BCUT2D eigenvalue weighted by atomic mass is 17.3. The van der Waals surface area contributed by atoms with Gasteiger partial charge in [-0.25, -0.2) is 9.78 Å². The zero-order chi connectivity index (χ0) is 14.2. The standard InChI is InChI=1S/C15H22O5/c1-9-4-5-11-13(2,8-16)17-12-15(11)10(9)6-7-14(3,18-12)19-20-15/h8-12H,4-7H2,1-3H3/t9-,10?,11?,12-,13-,14+,15-/m1/s1. The molecule has 0 radical (unpaired) electrons. The lowest BCUT2D eigenvalue weighted by Gasteiger charge is -2.50. The maximum atomic E-state index is 11.6. The van der Waals surface area contributed by atoms with Gasteiger partial charge in [0.2, 0.25) is 5.79 Å². The molecular weight excluding hydrogens is 260 g/mol. The Morgan fingerprint density at radius 1 is 1.10 bits per heavy atom. The molecule has 2 unspecified atom stereocenters. The molecule has 5 rings (SSSR count). The van der Waals surface area contributed by atoms with Crippen LogP contribution < -0.4 is 0 Å². The van der Waals surface area contributed by atoms with Gasteiger partial charge in [0.05, 0.1) is 0 Å². The van der Waals surface area contributed by atoms with Crippen molar-refractivity contribution >= 4 is 6.29 Å². The van der Waals surface area contributed by atoms with Crippen molar-refractivity contribution in [3.05, 3.63) is 0 Å². The van der Waals surface area contributed by atoms with E-state index in [1.165, 1.54) is 0 Å². The average Bonchev–Trinajstić information content (AvgIpc) is 2.51. The number of ether oxygens (including phenoxy) is 2. The molecule has 0 N–H and O–H groups in total. The molecule has 112 valence electrons. The van der Waals surface area contributed by atoms with E-state index in [9.17, 15) is 4.79 Å². The van der Waals surface area contributed by atoms with Gasteiger partial charge in [0.25, 0.3) is 0 Å². The number of carbonyl (C=O) groups excluding carboxylic acids is 1. The molecule has 4 saturated heterocycles. The van der Waals surface area contributed by atoms with Gasteiger partial charge in [0, 0.05) is 12.3 Å². The van der Waals surface area contributed by atoms with Crippen LogP contribution >= 0.6 is 0 Å². The summed E-state index contributed by atoms with van der Waals surface area (Å²) in [6.07, 6.45) is 4.20. The van der Waals surface area contributed by atoms with Crippen molar-refractivity contribution in [2.45, 2.75) is 69.7 Å². The van der Waals surface area contributed by atoms with E-state index >= 15 is 0 Å². The van der Waals surface area contributed by atoms with Crippen LogP contribution in [-0.4, -0.2) is 29.6 Å². The van der Waals surface area contributed by atoms with E-state index in [1.807, 2.05) is 13.8 Å². The summed E-state index contributed by atoms with van der Waals surface area (Å²) in [6, 6.07) is 0. The van der Waals surface area contributed by atoms with Crippen LogP contribution in [0.25, 0.3) is 0 Å². The smallest absolute Gasteiger partial charge is 0.201 e. The molecule has 1 aliphatic carbocycles. The lowest BCUT2D eigenvalue weighted by Crippen LogP contribution is -2.61. The van der Waals surface area contributed by atoms with Crippen molar-refractivity contribution in [3.8, 4) is 0 Å². The van der Waals surface area contributed by atoms with Crippen LogP contribution in [0.5, 0.6) is 0 Å². The highest BCUT2D eigenvalue weighted by Gasteiger charge is 2.74. The molecule has 5 nitrogen and oxygen atoms in total. The summed E-state index contributed by atoms with van der Waals surface area (Å²) in [5.41, 5.74) is -1.46. The largest absolute Gasteiger partial charge is 0.335 e. The van der Waals surface area contributed by atoms with Crippen molar-refractivity contribution in [3.63, 3.8) is 0 Å². The quantitative estimate of drug-likeness (QED) is 0.545. The molecule has 7 atom stereocenters. The van der Waals surface area contributed by atoms with Gasteiger partial charge < -0.3 is 14.3 Å². The number of carbonyl (C=O) groups is 1. The van der Waals surface area contributed by atoms with Crippen LogP contribution in [-0.2, 0) is 24.0 Å². The van der Waals surface area contributed by atoms with Crippen molar-refractivity contribution < 1.29 is 24.0 Å². The van der Waals surface area contributed by atoms with Crippen LogP contribution in [0.3, 0.4) is 0 Å². The van der Waals surface area contributed by atoms with Crippen LogP contribution in [0.2, 0.25) is 0 Å². The molecular formula is C15H22O5. The van der Waals surface area contributed by atoms with E-state index < -0.39 is 23.3 Å². The summed E-state index contributed by atoms with van der Waals surface area (Å²) in [4.78, 5) is 23.2. The van der Waals surface area contributed by atoms with Gasteiger partial charge >= 0.3 is 0 Å². The Kier molecular flexibility index (Phi) is 2.52. The first-order chi connectivity index (χ1) is 9.44. The SMILES string of the molecule is C[C@@H]1CCC2[C@]34OO[C@@](C)(CCC13)O[C@H]4O[C@]2(C)C=O. The third-order valence-electron chi connectivity index (χ3n) is 6.01. The molecule has 5 heteroatoms. The maximum Gasteiger partial charge on any atom is 0.201 e. The fraction of sp³-hybridized carbons (Fsp3) is 0.933. The molecule has 5 fully saturated rings. The van der Waals surface area contributed by atoms with Crippen LogP contribution in [0.1, 0.15) is 46.5 Å². The fourth-order valence-corrected chi connectivity index (χ4v) is 4.86. The summed E-state index contributed by atoms with van der Waals surface area (Å²) in [7, 11) is 0. The molecule has 1 spiro atoms. The molecule has 0 aromatic carbocycles. The Bertz CT molecular complexity index is 454. The number of rotatable bonds is 1. The van der Waals surface area contributed by atoms with Gasteiger partial charge in [-0.15, -0.1) is 0 Å². The van der Waals surface area contributed by atoms with Gasteiger partial charge in [-0.1, -0.05) is 6.92 Å². The molecule has 20 heavy (non-hydrogen) atoms. The van der Waals surface area contributed by atoms with E-state index in [-0.39, 0.29) is 5.92 Å². The van der Waals surface area contributed by atoms with Crippen molar-refractivity contribution in [1.29, 1.82) is 0 Å². The topological polar surface area (TPSA) is 54.0 Å². The molecule has 2 bridgehead atoms. The summed E-state index contributed by atoms with van der Waals surface area (Å²) in [6.45, 7) is 5.99. The van der Waals surface area contributed by atoms with Gasteiger partial charge in [0.15, 0.2) is 18.2 Å². The van der Waals surface area contributed by atoms with Crippen molar-refractivity contribution in [1.82, 2.24) is 0 Å². The first-order valence-electron chi connectivity index (χ1n) is 7.62. The van der Waals surface area contributed by atoms with Crippen molar-refractivity contribution in [2.24, 2.45) is 17.8 Å². The van der Waals surface area contributed by atoms with E-state index in [0.717, 1.165) is 32.0 Å². The van der Waals surface area contributed by atoms with Gasteiger partial charge in [-0.3, -0.25) is 0 Å². The Morgan fingerprint density at radius 2 is 1.90 bits per heavy atom. The molecule has 5 aliphatic rings. The number of aldehydes is 1. The van der Waals surface area contributed by atoms with Crippen LogP contribution in [0, 0.1) is 17.8 Å². The van der Waals surface area contributed by atoms with Crippen LogP contribution in [0.15, 0.2) is 0 Å². The molecule has 1 saturated carbocycles. The summed E-state index contributed by atoms with van der Waals surface area (Å²) < 4.78 is 12.1. The second-order valence-corrected chi connectivity index (χ2v) is 7.28. The Hall–Kier alpha value is -0.490. The third-order valence-corrected chi connectivity index (χ3v) is 6.01. The summed E-state index contributed by atoms with van der Waals surface area (Å²) in [5.74, 6) is 0.0868. The van der Waals surface area contributed by atoms with E-state index in [2.05, 4.69) is 6.92 Å². The maximum absolute atomic E-state index is 11.6.